The van der Waals surface area contributed by atoms with Crippen molar-refractivity contribution in [1.82, 2.24) is 4.57 Å². The molecule has 5 rings (SSSR count). The lowest BCUT2D eigenvalue weighted by Gasteiger charge is -2.25. The lowest BCUT2D eigenvalue weighted by atomic mass is 9.95. The summed E-state index contributed by atoms with van der Waals surface area (Å²) in [4.78, 5) is 42.4. The average molecular weight is 531 g/mol. The Morgan fingerprint density at radius 1 is 1.13 bits per heavy atom. The van der Waals surface area contributed by atoms with Crippen LogP contribution in [0, 0.1) is 15.9 Å². The summed E-state index contributed by atoms with van der Waals surface area (Å²) in [6, 6.07) is 17.4. The highest BCUT2D eigenvalue weighted by molar-refractivity contribution is 7.07. The number of amides is 1. The van der Waals surface area contributed by atoms with Gasteiger partial charge in [-0.25, -0.2) is 9.38 Å². The van der Waals surface area contributed by atoms with E-state index in [1.807, 2.05) is 6.07 Å². The van der Waals surface area contributed by atoms with Crippen molar-refractivity contribution in [3.63, 3.8) is 0 Å². The second kappa shape index (κ2) is 9.87. The Balaban J connectivity index is 1.69. The third kappa shape index (κ3) is 4.50. The van der Waals surface area contributed by atoms with E-state index in [4.69, 9.17) is 0 Å². The Morgan fingerprint density at radius 2 is 1.84 bits per heavy atom. The molecule has 0 bridgehead atoms. The number of aromatic nitrogens is 1. The molecule has 2 N–H and O–H groups in total. The quantitative estimate of drug-likeness (QED) is 0.301. The van der Waals surface area contributed by atoms with E-state index in [0.717, 1.165) is 17.4 Å². The van der Waals surface area contributed by atoms with Crippen LogP contribution in [0.1, 0.15) is 24.1 Å². The number of benzene rings is 3. The molecule has 0 aliphatic carbocycles. The van der Waals surface area contributed by atoms with E-state index in [2.05, 4.69) is 10.3 Å². The molecule has 0 fully saturated rings. The van der Waals surface area contributed by atoms with Crippen LogP contribution < -0.4 is 20.2 Å². The van der Waals surface area contributed by atoms with Crippen molar-refractivity contribution >= 4 is 34.7 Å². The molecule has 4 aromatic rings. The molecule has 190 valence electrons. The van der Waals surface area contributed by atoms with Crippen LogP contribution in [0.15, 0.2) is 93.9 Å². The minimum absolute atomic E-state index is 0.0838. The van der Waals surface area contributed by atoms with Crippen LogP contribution in [0.25, 0.3) is 6.08 Å². The highest BCUT2D eigenvalue weighted by atomic mass is 32.1. The van der Waals surface area contributed by atoms with Gasteiger partial charge in [-0.1, -0.05) is 53.8 Å². The van der Waals surface area contributed by atoms with Crippen molar-refractivity contribution in [3.8, 4) is 5.75 Å². The largest absolute Gasteiger partial charge is 0.502 e. The predicted molar refractivity (Wildman–Crippen MR) is 140 cm³/mol. The van der Waals surface area contributed by atoms with E-state index in [1.54, 1.807) is 31.2 Å². The number of hydrogen-bond donors (Lipinski definition) is 2. The number of aromatic hydroxyl groups is 1. The molecule has 3 aromatic carbocycles. The summed E-state index contributed by atoms with van der Waals surface area (Å²) < 4.78 is 15.3. The first-order valence-electron chi connectivity index (χ1n) is 11.4. The third-order valence-electron chi connectivity index (χ3n) is 6.01. The summed E-state index contributed by atoms with van der Waals surface area (Å²) in [7, 11) is 0. The van der Waals surface area contributed by atoms with Gasteiger partial charge < -0.3 is 10.4 Å². The number of allylic oxidation sites excluding steroid dienone is 1. The molecule has 0 radical (unpaired) electrons. The molecule has 1 aromatic heterocycles. The van der Waals surface area contributed by atoms with Gasteiger partial charge in [-0.05, 0) is 42.8 Å². The fourth-order valence-corrected chi connectivity index (χ4v) is 5.28. The van der Waals surface area contributed by atoms with E-state index in [-0.39, 0.29) is 20.5 Å². The summed E-state index contributed by atoms with van der Waals surface area (Å²) >= 11 is 1.01. The van der Waals surface area contributed by atoms with Crippen molar-refractivity contribution in [2.75, 3.05) is 5.32 Å². The standard InChI is InChI=1S/C27H19FN4O5S/c1-15-22(25(34)30-19-7-3-2-4-8-19)23(16-10-12-18(28)13-11-16)31-26(35)21(38-27(31)29-15)14-17-6-5-9-20(24(17)33)32(36)37/h2-14,23,33H,1H3,(H,30,34). The van der Waals surface area contributed by atoms with Gasteiger partial charge in [0.1, 0.15) is 5.82 Å². The maximum absolute atomic E-state index is 13.8. The second-order valence-electron chi connectivity index (χ2n) is 8.43. The number of fused-ring (bicyclic) bond motifs is 1. The molecule has 1 aliphatic rings. The van der Waals surface area contributed by atoms with Gasteiger partial charge in [-0.2, -0.15) is 0 Å². The van der Waals surface area contributed by atoms with Crippen LogP contribution in [0.5, 0.6) is 5.75 Å². The summed E-state index contributed by atoms with van der Waals surface area (Å²) in [6.45, 7) is 1.65. The fourth-order valence-electron chi connectivity index (χ4n) is 4.25. The summed E-state index contributed by atoms with van der Waals surface area (Å²) in [5.74, 6) is -1.52. The Morgan fingerprint density at radius 3 is 2.53 bits per heavy atom. The number of nitrogens with one attached hydrogen (secondary N) is 1. The molecule has 9 nitrogen and oxygen atoms in total. The SMILES string of the molecule is CC1=C(C(=O)Nc2ccccc2)C(c2ccc(F)cc2)n2c(sc(=Cc3cccc([N+](=O)[O-])c3O)c2=O)=N1. The zero-order valence-corrected chi connectivity index (χ0v) is 20.6. The predicted octanol–water partition coefficient (Wildman–Crippen LogP) is 3.63. The molecule has 38 heavy (non-hydrogen) atoms. The van der Waals surface area contributed by atoms with Gasteiger partial charge in [0.15, 0.2) is 4.80 Å². The first-order valence-corrected chi connectivity index (χ1v) is 12.2. The van der Waals surface area contributed by atoms with Crippen LogP contribution in [0.3, 0.4) is 0 Å². The Bertz CT molecular complexity index is 1790. The van der Waals surface area contributed by atoms with Crippen molar-refractivity contribution in [3.05, 3.63) is 131 Å². The summed E-state index contributed by atoms with van der Waals surface area (Å²) in [5.41, 5.74) is 0.689. The van der Waals surface area contributed by atoms with E-state index in [9.17, 15) is 29.2 Å². The number of para-hydroxylation sites is 2. The van der Waals surface area contributed by atoms with Crippen LogP contribution in [-0.4, -0.2) is 20.5 Å². The molecule has 1 aliphatic heterocycles. The Labute approximate surface area is 218 Å². The van der Waals surface area contributed by atoms with Gasteiger partial charge in [0.25, 0.3) is 11.5 Å². The molecule has 1 unspecified atom stereocenters. The number of nitro groups is 1. The Hall–Kier alpha value is -4.90. The summed E-state index contributed by atoms with van der Waals surface area (Å²) in [5, 5.41) is 24.4. The fraction of sp³-hybridized carbons (Fsp3) is 0.0741. The first kappa shape index (κ1) is 24.8. The maximum Gasteiger partial charge on any atom is 0.311 e. The molecule has 2 heterocycles. The highest BCUT2D eigenvalue weighted by Gasteiger charge is 2.32. The van der Waals surface area contributed by atoms with Gasteiger partial charge in [-0.3, -0.25) is 24.3 Å². The second-order valence-corrected chi connectivity index (χ2v) is 9.43. The monoisotopic (exact) mass is 530 g/mol. The number of carbonyl (C=O) groups is 1. The minimum Gasteiger partial charge on any atom is -0.502 e. The lowest BCUT2D eigenvalue weighted by Crippen LogP contribution is -2.40. The van der Waals surface area contributed by atoms with E-state index >= 15 is 0 Å². The van der Waals surface area contributed by atoms with Gasteiger partial charge in [0.05, 0.1) is 26.8 Å². The van der Waals surface area contributed by atoms with E-state index in [0.29, 0.717) is 16.9 Å². The van der Waals surface area contributed by atoms with E-state index < -0.39 is 39.7 Å². The molecule has 0 saturated carbocycles. The van der Waals surface area contributed by atoms with Gasteiger partial charge in [0.2, 0.25) is 5.75 Å². The number of nitro benzene ring substituents is 1. The molecule has 11 heteroatoms. The molecule has 1 amide bonds. The normalized spacial score (nSPS) is 15.1. The highest BCUT2D eigenvalue weighted by Crippen LogP contribution is 2.32. The topological polar surface area (TPSA) is 127 Å². The van der Waals surface area contributed by atoms with Gasteiger partial charge >= 0.3 is 5.69 Å². The number of carbonyl (C=O) groups excluding carboxylic acids is 1. The van der Waals surface area contributed by atoms with Gasteiger partial charge in [-0.15, -0.1) is 0 Å². The number of phenolic OH excluding ortho intramolecular Hbond substituents is 1. The maximum atomic E-state index is 13.8. The molecule has 0 spiro atoms. The molecular formula is C27H19FN4O5S. The number of thiazole rings is 1. The minimum atomic E-state index is -0.920. The first-order chi connectivity index (χ1) is 18.2. The molecule has 1 atom stereocenters. The smallest absolute Gasteiger partial charge is 0.311 e. The third-order valence-corrected chi connectivity index (χ3v) is 7.00. The molecular weight excluding hydrogens is 511 g/mol. The van der Waals surface area contributed by atoms with Gasteiger partial charge in [0, 0.05) is 17.3 Å². The average Bonchev–Trinajstić information content (AvgIpc) is 3.19. The zero-order chi connectivity index (χ0) is 27.0. The van der Waals surface area contributed by atoms with Crippen LogP contribution in [0.4, 0.5) is 15.8 Å². The van der Waals surface area contributed by atoms with Crippen LogP contribution in [-0.2, 0) is 4.79 Å². The summed E-state index contributed by atoms with van der Waals surface area (Å²) in [6.07, 6.45) is 1.34. The Kier molecular flexibility index (Phi) is 6.43. The van der Waals surface area contributed by atoms with Crippen molar-refractivity contribution < 1.29 is 19.2 Å². The number of hydrogen-bond acceptors (Lipinski definition) is 7. The van der Waals surface area contributed by atoms with Crippen molar-refractivity contribution in [2.45, 2.75) is 13.0 Å². The number of nitrogens with zero attached hydrogens (tertiary/aromatic N) is 3. The number of anilines is 1. The number of rotatable bonds is 5. The van der Waals surface area contributed by atoms with E-state index in [1.165, 1.54) is 47.0 Å². The number of phenols is 1. The molecule has 0 saturated heterocycles. The van der Waals surface area contributed by atoms with Crippen molar-refractivity contribution in [1.29, 1.82) is 0 Å². The van der Waals surface area contributed by atoms with Crippen LogP contribution >= 0.6 is 11.3 Å². The lowest BCUT2D eigenvalue weighted by molar-refractivity contribution is -0.385. The van der Waals surface area contributed by atoms with Crippen molar-refractivity contribution in [2.24, 2.45) is 4.99 Å². The van der Waals surface area contributed by atoms with Crippen LogP contribution in [0.2, 0.25) is 0 Å². The number of halogens is 1. The zero-order valence-electron chi connectivity index (χ0n) is 19.8.